The van der Waals surface area contributed by atoms with Gasteiger partial charge in [0.05, 0.1) is 5.56 Å². The summed E-state index contributed by atoms with van der Waals surface area (Å²) in [5.41, 5.74) is 3.43. The van der Waals surface area contributed by atoms with Crippen LogP contribution >= 0.6 is 0 Å². The van der Waals surface area contributed by atoms with Crippen molar-refractivity contribution in [3.63, 3.8) is 0 Å². The molecule has 0 saturated carbocycles. The summed E-state index contributed by atoms with van der Waals surface area (Å²) >= 11 is 0. The van der Waals surface area contributed by atoms with E-state index in [4.69, 9.17) is 4.74 Å². The molecule has 2 rings (SSSR count). The van der Waals surface area contributed by atoms with E-state index in [0.29, 0.717) is 16.9 Å². The SMILES string of the molecule is CC(=O)Nc1ccc(NC(=O)COC(=O)c2cc(C)n(C(C)C)c2C)cc1. The Bertz CT molecular complexity index is 851. The highest BCUT2D eigenvalue weighted by Crippen LogP contribution is 2.21. The Morgan fingerprint density at radius 2 is 1.59 bits per heavy atom. The lowest BCUT2D eigenvalue weighted by molar-refractivity contribution is -0.119. The molecule has 27 heavy (non-hydrogen) atoms. The Balaban J connectivity index is 1.93. The van der Waals surface area contributed by atoms with Crippen molar-refractivity contribution >= 4 is 29.2 Å². The van der Waals surface area contributed by atoms with Crippen LogP contribution in [0.2, 0.25) is 0 Å². The highest BCUT2D eigenvalue weighted by Gasteiger charge is 2.19. The lowest BCUT2D eigenvalue weighted by atomic mass is 10.2. The van der Waals surface area contributed by atoms with Gasteiger partial charge in [0, 0.05) is 35.7 Å². The Morgan fingerprint density at radius 1 is 1.04 bits per heavy atom. The number of benzene rings is 1. The topological polar surface area (TPSA) is 89.4 Å². The van der Waals surface area contributed by atoms with Crippen molar-refractivity contribution in [3.8, 4) is 0 Å². The average molecular weight is 371 g/mol. The minimum absolute atomic E-state index is 0.171. The number of nitrogens with one attached hydrogen (secondary N) is 2. The molecule has 7 nitrogen and oxygen atoms in total. The van der Waals surface area contributed by atoms with Crippen molar-refractivity contribution in [3.05, 3.63) is 47.3 Å². The van der Waals surface area contributed by atoms with Gasteiger partial charge in [0.15, 0.2) is 6.61 Å². The quantitative estimate of drug-likeness (QED) is 0.761. The molecule has 1 heterocycles. The maximum Gasteiger partial charge on any atom is 0.340 e. The molecule has 2 aromatic rings. The van der Waals surface area contributed by atoms with E-state index >= 15 is 0 Å². The zero-order valence-corrected chi connectivity index (χ0v) is 16.3. The van der Waals surface area contributed by atoms with Gasteiger partial charge in [-0.1, -0.05) is 0 Å². The first-order chi connectivity index (χ1) is 12.7. The minimum Gasteiger partial charge on any atom is -0.452 e. The predicted molar refractivity (Wildman–Crippen MR) is 104 cm³/mol. The third-order valence-corrected chi connectivity index (χ3v) is 4.04. The largest absolute Gasteiger partial charge is 0.452 e. The molecule has 0 unspecified atom stereocenters. The summed E-state index contributed by atoms with van der Waals surface area (Å²) < 4.78 is 7.19. The monoisotopic (exact) mass is 371 g/mol. The van der Waals surface area contributed by atoms with Crippen molar-refractivity contribution in [2.45, 2.75) is 40.7 Å². The molecule has 0 aliphatic heterocycles. The number of hydrogen-bond donors (Lipinski definition) is 2. The summed E-state index contributed by atoms with van der Waals surface area (Å²) in [6.07, 6.45) is 0. The van der Waals surface area contributed by atoms with Crippen LogP contribution in [0.5, 0.6) is 0 Å². The fourth-order valence-corrected chi connectivity index (χ4v) is 3.02. The number of amides is 2. The molecule has 2 N–H and O–H groups in total. The number of aryl methyl sites for hydroxylation is 1. The van der Waals surface area contributed by atoms with Crippen LogP contribution in [0.25, 0.3) is 0 Å². The normalized spacial score (nSPS) is 10.6. The first kappa shape index (κ1) is 20.2. The molecule has 0 saturated heterocycles. The van der Waals surface area contributed by atoms with Crippen LogP contribution in [-0.4, -0.2) is 29.0 Å². The van der Waals surface area contributed by atoms with Crippen LogP contribution in [0.3, 0.4) is 0 Å². The third-order valence-electron chi connectivity index (χ3n) is 4.04. The van der Waals surface area contributed by atoms with Crippen molar-refractivity contribution < 1.29 is 19.1 Å². The molecule has 0 aliphatic rings. The molecule has 2 amide bonds. The van der Waals surface area contributed by atoms with Crippen molar-refractivity contribution in [1.29, 1.82) is 0 Å². The van der Waals surface area contributed by atoms with Gasteiger partial charge < -0.3 is 19.9 Å². The van der Waals surface area contributed by atoms with Gasteiger partial charge in [0.2, 0.25) is 5.91 Å². The summed E-state index contributed by atoms with van der Waals surface area (Å²) in [6, 6.07) is 8.65. The molecule has 0 aliphatic carbocycles. The van der Waals surface area contributed by atoms with Crippen LogP contribution in [0, 0.1) is 13.8 Å². The lowest BCUT2D eigenvalue weighted by Gasteiger charge is -2.13. The zero-order chi connectivity index (χ0) is 20.1. The summed E-state index contributed by atoms with van der Waals surface area (Å²) in [7, 11) is 0. The smallest absolute Gasteiger partial charge is 0.340 e. The van der Waals surface area contributed by atoms with Crippen LogP contribution in [0.15, 0.2) is 30.3 Å². The van der Waals surface area contributed by atoms with E-state index in [2.05, 4.69) is 10.6 Å². The molecule has 0 radical (unpaired) electrons. The van der Waals surface area contributed by atoms with Crippen LogP contribution in [0.4, 0.5) is 11.4 Å². The number of anilines is 2. The predicted octanol–water partition coefficient (Wildman–Crippen LogP) is 3.44. The van der Waals surface area contributed by atoms with E-state index in [-0.39, 0.29) is 18.6 Å². The fraction of sp³-hybridized carbons (Fsp3) is 0.350. The summed E-state index contributed by atoms with van der Waals surface area (Å²) in [5, 5.41) is 5.28. The first-order valence-corrected chi connectivity index (χ1v) is 8.72. The molecule has 0 spiro atoms. The van der Waals surface area contributed by atoms with Crippen LogP contribution in [-0.2, 0) is 14.3 Å². The summed E-state index contributed by atoms with van der Waals surface area (Å²) in [6.45, 7) is 8.92. The molecule has 1 aromatic carbocycles. The zero-order valence-electron chi connectivity index (χ0n) is 16.3. The number of carbonyl (C=O) groups excluding carboxylic acids is 3. The Morgan fingerprint density at radius 3 is 2.07 bits per heavy atom. The highest BCUT2D eigenvalue weighted by atomic mass is 16.5. The molecular formula is C20H25N3O4. The van der Waals surface area contributed by atoms with Crippen LogP contribution < -0.4 is 10.6 Å². The second kappa shape index (κ2) is 8.53. The Labute approximate surface area is 158 Å². The van der Waals surface area contributed by atoms with Gasteiger partial charge in [-0.2, -0.15) is 0 Å². The van der Waals surface area contributed by atoms with Crippen molar-refractivity contribution in [2.24, 2.45) is 0 Å². The maximum absolute atomic E-state index is 12.3. The summed E-state index contributed by atoms with van der Waals surface area (Å²) in [4.78, 5) is 35.3. The molecule has 1 aromatic heterocycles. The second-order valence-electron chi connectivity index (χ2n) is 6.63. The molecular weight excluding hydrogens is 346 g/mol. The van der Waals surface area contributed by atoms with E-state index < -0.39 is 11.9 Å². The van der Waals surface area contributed by atoms with Gasteiger partial charge in [0.25, 0.3) is 5.91 Å². The van der Waals surface area contributed by atoms with Gasteiger partial charge >= 0.3 is 5.97 Å². The van der Waals surface area contributed by atoms with Crippen molar-refractivity contribution in [2.75, 3.05) is 17.2 Å². The average Bonchev–Trinajstić information content (AvgIpc) is 2.88. The fourth-order valence-electron chi connectivity index (χ4n) is 3.02. The second-order valence-corrected chi connectivity index (χ2v) is 6.63. The first-order valence-electron chi connectivity index (χ1n) is 8.72. The van der Waals surface area contributed by atoms with Gasteiger partial charge in [-0.25, -0.2) is 4.79 Å². The number of aromatic nitrogens is 1. The maximum atomic E-state index is 12.3. The van der Waals surface area contributed by atoms with Gasteiger partial charge in [0.1, 0.15) is 0 Å². The van der Waals surface area contributed by atoms with E-state index in [0.717, 1.165) is 11.4 Å². The third kappa shape index (κ3) is 5.20. The molecule has 0 atom stereocenters. The molecule has 0 fully saturated rings. The number of nitrogens with zero attached hydrogens (tertiary/aromatic N) is 1. The molecule has 144 valence electrons. The Hall–Kier alpha value is -3.09. The van der Waals surface area contributed by atoms with Crippen molar-refractivity contribution in [1.82, 2.24) is 4.57 Å². The number of ether oxygens (including phenoxy) is 1. The lowest BCUT2D eigenvalue weighted by Crippen LogP contribution is -2.21. The minimum atomic E-state index is -0.522. The van der Waals surface area contributed by atoms with Gasteiger partial charge in [-0.05, 0) is 58.0 Å². The number of hydrogen-bond acceptors (Lipinski definition) is 4. The summed E-state index contributed by atoms with van der Waals surface area (Å²) in [5.74, 6) is -1.13. The van der Waals surface area contributed by atoms with E-state index in [9.17, 15) is 14.4 Å². The van der Waals surface area contributed by atoms with Crippen LogP contribution in [0.1, 0.15) is 48.6 Å². The van der Waals surface area contributed by atoms with Gasteiger partial charge in [-0.15, -0.1) is 0 Å². The van der Waals surface area contributed by atoms with E-state index in [1.165, 1.54) is 6.92 Å². The standard InChI is InChI=1S/C20H25N3O4/c1-12(2)23-13(3)10-18(14(23)4)20(26)27-11-19(25)22-17-8-6-16(7-9-17)21-15(5)24/h6-10,12H,11H2,1-5H3,(H,21,24)(H,22,25). The number of rotatable bonds is 6. The Kier molecular flexibility index (Phi) is 6.39. The number of carbonyl (C=O) groups is 3. The van der Waals surface area contributed by atoms with E-state index in [1.54, 1.807) is 30.3 Å². The number of esters is 1. The molecule has 7 heteroatoms. The molecule has 0 bridgehead atoms. The highest BCUT2D eigenvalue weighted by molar-refractivity contribution is 5.96. The van der Waals surface area contributed by atoms with Gasteiger partial charge in [-0.3, -0.25) is 9.59 Å². The van der Waals surface area contributed by atoms with E-state index in [1.807, 2.05) is 32.3 Å².